The van der Waals surface area contributed by atoms with Gasteiger partial charge < -0.3 is 19.5 Å². The summed E-state index contributed by atoms with van der Waals surface area (Å²) in [5, 5.41) is 9.63. The van der Waals surface area contributed by atoms with Crippen LogP contribution in [0.3, 0.4) is 0 Å². The minimum absolute atomic E-state index is 0.107. The van der Waals surface area contributed by atoms with E-state index < -0.39 is 5.60 Å². The zero-order valence-electron chi connectivity index (χ0n) is 12.6. The molecule has 1 aliphatic heterocycles. The number of hydrogen-bond donors (Lipinski definition) is 1. The summed E-state index contributed by atoms with van der Waals surface area (Å²) < 4.78 is 10.4. The van der Waals surface area contributed by atoms with E-state index in [1.165, 1.54) is 0 Å². The number of amides is 1. The lowest BCUT2D eigenvalue weighted by Gasteiger charge is -2.28. The van der Waals surface area contributed by atoms with Gasteiger partial charge in [-0.15, -0.1) is 0 Å². The van der Waals surface area contributed by atoms with E-state index in [0.717, 1.165) is 19.3 Å². The van der Waals surface area contributed by atoms with Crippen LogP contribution in [0, 0.1) is 5.41 Å². The maximum absolute atomic E-state index is 12.0. The molecule has 1 fully saturated rings. The molecule has 1 amide bonds. The van der Waals surface area contributed by atoms with Crippen molar-refractivity contribution in [3.8, 4) is 0 Å². The minimum atomic E-state index is -0.475. The molecular weight excluding hydrogens is 246 g/mol. The van der Waals surface area contributed by atoms with Crippen LogP contribution in [0.1, 0.15) is 40.0 Å². The van der Waals surface area contributed by atoms with E-state index >= 15 is 0 Å². The van der Waals surface area contributed by atoms with Crippen molar-refractivity contribution in [1.82, 2.24) is 4.90 Å². The van der Waals surface area contributed by atoms with Gasteiger partial charge in [-0.3, -0.25) is 0 Å². The Kier molecular flexibility index (Phi) is 5.62. The van der Waals surface area contributed by atoms with Gasteiger partial charge in [-0.25, -0.2) is 4.79 Å². The molecule has 1 rings (SSSR count). The van der Waals surface area contributed by atoms with Crippen LogP contribution in [0.15, 0.2) is 0 Å². The molecule has 1 heterocycles. The fourth-order valence-electron chi connectivity index (χ4n) is 2.42. The number of carbonyl (C=O) groups excluding carboxylic acids is 1. The van der Waals surface area contributed by atoms with Crippen molar-refractivity contribution in [3.05, 3.63) is 0 Å². The smallest absolute Gasteiger partial charge is 0.410 e. The fraction of sp³-hybridized carbons (Fsp3) is 0.929. The molecular formula is C14H27NO4. The first-order valence-corrected chi connectivity index (χ1v) is 6.90. The predicted octanol–water partition coefficient (Wildman–Crippen LogP) is 2.03. The van der Waals surface area contributed by atoms with Crippen LogP contribution < -0.4 is 0 Å². The summed E-state index contributed by atoms with van der Waals surface area (Å²) in [7, 11) is 1.67. The Morgan fingerprint density at radius 3 is 2.63 bits per heavy atom. The average Bonchev–Trinajstić information content (AvgIpc) is 2.73. The first kappa shape index (κ1) is 16.2. The molecule has 5 nitrogen and oxygen atoms in total. The number of hydrogen-bond acceptors (Lipinski definition) is 4. The summed E-state index contributed by atoms with van der Waals surface area (Å²) in [5.41, 5.74) is -0.660. The Balaban J connectivity index is 2.52. The highest BCUT2D eigenvalue weighted by atomic mass is 16.6. The SMILES string of the molecule is COCCCC1(CO)CCN(C(=O)OC(C)(C)C)C1. The molecule has 0 aromatic rings. The summed E-state index contributed by atoms with van der Waals surface area (Å²) in [5.74, 6) is 0. The van der Waals surface area contributed by atoms with E-state index in [1.54, 1.807) is 12.0 Å². The highest BCUT2D eigenvalue weighted by molar-refractivity contribution is 5.68. The number of methoxy groups -OCH3 is 1. The molecule has 1 N–H and O–H groups in total. The molecule has 1 unspecified atom stereocenters. The van der Waals surface area contributed by atoms with Crippen LogP contribution in [0.25, 0.3) is 0 Å². The second-order valence-corrected chi connectivity index (χ2v) is 6.41. The molecule has 5 heteroatoms. The molecule has 0 aromatic heterocycles. The predicted molar refractivity (Wildman–Crippen MR) is 73.1 cm³/mol. The van der Waals surface area contributed by atoms with Crippen LogP contribution in [0.2, 0.25) is 0 Å². The lowest BCUT2D eigenvalue weighted by molar-refractivity contribution is 0.0245. The monoisotopic (exact) mass is 273 g/mol. The number of likely N-dealkylation sites (tertiary alicyclic amines) is 1. The largest absolute Gasteiger partial charge is 0.444 e. The Morgan fingerprint density at radius 2 is 2.11 bits per heavy atom. The Morgan fingerprint density at radius 1 is 1.42 bits per heavy atom. The van der Waals surface area contributed by atoms with Gasteiger partial charge in [0.25, 0.3) is 0 Å². The first-order chi connectivity index (χ1) is 8.82. The molecule has 0 aromatic carbocycles. The van der Waals surface area contributed by atoms with E-state index in [-0.39, 0.29) is 18.1 Å². The summed E-state index contributed by atoms with van der Waals surface area (Å²) in [4.78, 5) is 13.7. The molecule has 19 heavy (non-hydrogen) atoms. The number of aliphatic hydroxyl groups excluding tert-OH is 1. The Bertz CT molecular complexity index is 300. The van der Waals surface area contributed by atoms with Crippen molar-refractivity contribution < 1.29 is 19.4 Å². The number of ether oxygens (including phenoxy) is 2. The quantitative estimate of drug-likeness (QED) is 0.779. The maximum Gasteiger partial charge on any atom is 0.410 e. The summed E-state index contributed by atoms with van der Waals surface area (Å²) in [6, 6.07) is 0. The molecule has 0 radical (unpaired) electrons. The summed E-state index contributed by atoms with van der Waals surface area (Å²) >= 11 is 0. The average molecular weight is 273 g/mol. The molecule has 0 saturated carbocycles. The molecule has 0 spiro atoms. The third-order valence-electron chi connectivity index (χ3n) is 3.48. The zero-order valence-corrected chi connectivity index (χ0v) is 12.6. The van der Waals surface area contributed by atoms with Crippen molar-refractivity contribution in [2.45, 2.75) is 45.6 Å². The van der Waals surface area contributed by atoms with Crippen LogP contribution >= 0.6 is 0 Å². The number of carbonyl (C=O) groups is 1. The van der Waals surface area contributed by atoms with Crippen molar-refractivity contribution >= 4 is 6.09 Å². The van der Waals surface area contributed by atoms with Crippen molar-refractivity contribution in [2.75, 3.05) is 33.4 Å². The molecule has 1 aliphatic rings. The molecule has 1 atom stereocenters. The lowest BCUT2D eigenvalue weighted by atomic mass is 9.83. The van der Waals surface area contributed by atoms with Gasteiger partial charge in [0.15, 0.2) is 0 Å². The van der Waals surface area contributed by atoms with Crippen LogP contribution in [-0.4, -0.2) is 55.1 Å². The molecule has 112 valence electrons. The van der Waals surface area contributed by atoms with Gasteiger partial charge in [-0.05, 0) is 40.0 Å². The number of aliphatic hydroxyl groups is 1. The van der Waals surface area contributed by atoms with Gasteiger partial charge in [0, 0.05) is 32.2 Å². The highest BCUT2D eigenvalue weighted by Gasteiger charge is 2.40. The van der Waals surface area contributed by atoms with Gasteiger partial charge in [0.05, 0.1) is 6.61 Å². The maximum atomic E-state index is 12.0. The van der Waals surface area contributed by atoms with E-state index in [2.05, 4.69) is 0 Å². The van der Waals surface area contributed by atoms with Crippen molar-refractivity contribution in [2.24, 2.45) is 5.41 Å². The Hall–Kier alpha value is -0.810. The van der Waals surface area contributed by atoms with Gasteiger partial charge in [-0.1, -0.05) is 0 Å². The standard InChI is InChI=1S/C14H27NO4/c1-13(2,3)19-12(17)15-8-7-14(10-15,11-16)6-5-9-18-4/h16H,5-11H2,1-4H3. The van der Waals surface area contributed by atoms with Gasteiger partial charge in [0.1, 0.15) is 5.60 Å². The van der Waals surface area contributed by atoms with Crippen molar-refractivity contribution in [3.63, 3.8) is 0 Å². The second kappa shape index (κ2) is 6.57. The van der Waals surface area contributed by atoms with Gasteiger partial charge in [0.2, 0.25) is 0 Å². The third-order valence-corrected chi connectivity index (χ3v) is 3.48. The van der Waals surface area contributed by atoms with E-state index in [9.17, 15) is 9.90 Å². The topological polar surface area (TPSA) is 59.0 Å². The molecule has 0 bridgehead atoms. The number of rotatable bonds is 5. The highest BCUT2D eigenvalue weighted by Crippen LogP contribution is 2.35. The first-order valence-electron chi connectivity index (χ1n) is 6.90. The normalized spacial score (nSPS) is 23.7. The second-order valence-electron chi connectivity index (χ2n) is 6.41. The van der Waals surface area contributed by atoms with Gasteiger partial charge >= 0.3 is 6.09 Å². The van der Waals surface area contributed by atoms with Crippen molar-refractivity contribution in [1.29, 1.82) is 0 Å². The van der Waals surface area contributed by atoms with Crippen LogP contribution in [-0.2, 0) is 9.47 Å². The molecule has 1 saturated heterocycles. The van der Waals surface area contributed by atoms with E-state index in [4.69, 9.17) is 9.47 Å². The number of nitrogens with zero attached hydrogens (tertiary/aromatic N) is 1. The zero-order chi connectivity index (χ0) is 14.5. The van der Waals surface area contributed by atoms with E-state index in [1.807, 2.05) is 20.8 Å². The van der Waals surface area contributed by atoms with Crippen LogP contribution in [0.4, 0.5) is 4.79 Å². The minimum Gasteiger partial charge on any atom is -0.444 e. The summed E-state index contributed by atoms with van der Waals surface area (Å²) in [6.07, 6.45) is 2.32. The van der Waals surface area contributed by atoms with Gasteiger partial charge in [-0.2, -0.15) is 0 Å². The molecule has 0 aliphatic carbocycles. The van der Waals surface area contributed by atoms with Crippen LogP contribution in [0.5, 0.6) is 0 Å². The third kappa shape index (κ3) is 4.99. The van der Waals surface area contributed by atoms with E-state index in [0.29, 0.717) is 19.7 Å². The Labute approximate surface area is 115 Å². The summed E-state index contributed by atoms with van der Waals surface area (Å²) in [6.45, 7) is 7.60. The lowest BCUT2D eigenvalue weighted by Crippen LogP contribution is -2.38. The fourth-order valence-corrected chi connectivity index (χ4v) is 2.42.